The molecule has 0 spiro atoms. The topological polar surface area (TPSA) is 139 Å². The van der Waals surface area contributed by atoms with Crippen molar-refractivity contribution in [2.45, 2.75) is 158 Å². The van der Waals surface area contributed by atoms with Crippen molar-refractivity contribution in [1.82, 2.24) is 10.6 Å². The number of carbonyl (C=O) groups excluding carboxylic acids is 4. The van der Waals surface area contributed by atoms with Crippen LogP contribution in [0.15, 0.2) is 35.4 Å². The summed E-state index contributed by atoms with van der Waals surface area (Å²) in [5.41, 5.74) is -0.601. The van der Waals surface area contributed by atoms with Gasteiger partial charge < -0.3 is 20.5 Å². The zero-order valence-electron chi connectivity index (χ0n) is 36.7. The third-order valence-electron chi connectivity index (χ3n) is 17.9. The van der Waals surface area contributed by atoms with Gasteiger partial charge in [0.1, 0.15) is 11.6 Å². The molecule has 5 saturated carbocycles. The number of carboxylic acid groups (broad SMARTS) is 1. The lowest BCUT2D eigenvalue weighted by Crippen LogP contribution is -2.68. The number of nitrogens with one attached hydrogen (secondary N) is 2. The summed E-state index contributed by atoms with van der Waals surface area (Å²) in [5, 5.41) is 16.6. The number of carboxylic acids is 1. The van der Waals surface area contributed by atoms with Crippen LogP contribution in [0.3, 0.4) is 0 Å². The zero-order chi connectivity index (χ0) is 42.8. The molecule has 318 valence electrons. The monoisotopic (exact) mass is 818 g/mol. The maximum Gasteiger partial charge on any atom is 0.309 e. The number of ketones is 1. The largest absolute Gasteiger partial charge is 0.481 e. The van der Waals surface area contributed by atoms with Crippen LogP contribution in [-0.2, 0) is 23.9 Å². The van der Waals surface area contributed by atoms with Gasteiger partial charge in [-0.2, -0.15) is 0 Å². The highest BCUT2D eigenvalue weighted by Gasteiger charge is 2.71. The first-order valence-corrected chi connectivity index (χ1v) is 22.3. The second kappa shape index (κ2) is 13.9. The maximum atomic E-state index is 14.4. The fourth-order valence-corrected chi connectivity index (χ4v) is 14.4. The summed E-state index contributed by atoms with van der Waals surface area (Å²) in [6.07, 6.45) is 7.65. The third kappa shape index (κ3) is 6.23. The SMILES string of the molecule is CC(C)C1=C2[C@H]3CC[C@@H]4[C@@]5(C)CC[C@H](OC(=O)[C@@H]6C[C@H](C(=O)O)C6(C)C)C(C)(C)[C@@H]5CC[C@@]4(C)[C@]3(C)CC[C@@]2(NC(=O)C(C)(C)NC(=O)c2ccc(Cl)cc2)CC1=O. The molecule has 1 aromatic carbocycles. The molecule has 2 amide bonds. The molecule has 0 bridgehead atoms. The van der Waals surface area contributed by atoms with E-state index in [0.717, 1.165) is 56.1 Å². The van der Waals surface area contributed by atoms with Gasteiger partial charge in [0.25, 0.3) is 5.91 Å². The number of amides is 2. The normalized spacial score (nSPS) is 38.7. The molecule has 58 heavy (non-hydrogen) atoms. The van der Waals surface area contributed by atoms with E-state index >= 15 is 0 Å². The number of hydrogen-bond donors (Lipinski definition) is 3. The van der Waals surface area contributed by atoms with Gasteiger partial charge in [-0.05, 0) is 152 Å². The molecule has 0 unspecified atom stereocenters. The van der Waals surface area contributed by atoms with Crippen molar-refractivity contribution in [1.29, 1.82) is 0 Å². The third-order valence-corrected chi connectivity index (χ3v) is 18.2. The summed E-state index contributed by atoms with van der Waals surface area (Å²) in [7, 11) is 0. The van der Waals surface area contributed by atoms with Gasteiger partial charge in [-0.15, -0.1) is 0 Å². The van der Waals surface area contributed by atoms with Gasteiger partial charge in [0.2, 0.25) is 5.91 Å². The summed E-state index contributed by atoms with van der Waals surface area (Å²) in [5.74, 6) is -1.66. The van der Waals surface area contributed by atoms with Gasteiger partial charge in [-0.25, -0.2) is 0 Å². The minimum absolute atomic E-state index is 0.0133. The molecule has 7 rings (SSSR count). The van der Waals surface area contributed by atoms with E-state index in [4.69, 9.17) is 16.3 Å². The van der Waals surface area contributed by atoms with Crippen LogP contribution in [0, 0.1) is 62.6 Å². The zero-order valence-corrected chi connectivity index (χ0v) is 37.5. The molecule has 5 fully saturated rings. The highest BCUT2D eigenvalue weighted by Crippen LogP contribution is 2.76. The van der Waals surface area contributed by atoms with Crippen molar-refractivity contribution >= 4 is 41.1 Å². The van der Waals surface area contributed by atoms with E-state index in [1.54, 1.807) is 38.1 Å². The number of fused-ring (bicyclic) bond motifs is 7. The number of ether oxygens (including phenoxy) is 1. The van der Waals surface area contributed by atoms with Gasteiger partial charge in [-0.1, -0.05) is 73.9 Å². The minimum Gasteiger partial charge on any atom is -0.481 e. The molecule has 1 aromatic rings. The van der Waals surface area contributed by atoms with E-state index in [-0.39, 0.29) is 69.6 Å². The number of halogens is 1. The lowest BCUT2D eigenvalue weighted by atomic mass is 9.33. The Morgan fingerprint density at radius 3 is 2.09 bits per heavy atom. The Bertz CT molecular complexity index is 1950. The first-order valence-electron chi connectivity index (χ1n) is 21.9. The number of rotatable bonds is 8. The van der Waals surface area contributed by atoms with Gasteiger partial charge >= 0.3 is 11.9 Å². The van der Waals surface area contributed by atoms with E-state index in [2.05, 4.69) is 59.1 Å². The van der Waals surface area contributed by atoms with E-state index in [1.807, 2.05) is 13.8 Å². The Balaban J connectivity index is 1.13. The van der Waals surface area contributed by atoms with Crippen LogP contribution < -0.4 is 10.6 Å². The molecular weight excluding hydrogens is 752 g/mol. The summed E-state index contributed by atoms with van der Waals surface area (Å²) in [6.45, 7) is 23.5. The van der Waals surface area contributed by atoms with Gasteiger partial charge in [0.15, 0.2) is 5.78 Å². The Hall–Kier alpha value is -3.20. The van der Waals surface area contributed by atoms with Crippen LogP contribution in [0.4, 0.5) is 0 Å². The minimum atomic E-state index is -1.24. The second-order valence-corrected chi connectivity index (χ2v) is 22.5. The first kappa shape index (κ1) is 42.9. The molecule has 10 atom stereocenters. The fourth-order valence-electron chi connectivity index (χ4n) is 14.3. The highest BCUT2D eigenvalue weighted by molar-refractivity contribution is 6.30. The lowest BCUT2D eigenvalue weighted by molar-refractivity contribution is -0.235. The Morgan fingerprint density at radius 1 is 0.828 bits per heavy atom. The number of hydrogen-bond acceptors (Lipinski definition) is 6. The molecule has 9 nitrogen and oxygen atoms in total. The van der Waals surface area contributed by atoms with E-state index in [0.29, 0.717) is 35.3 Å². The van der Waals surface area contributed by atoms with Crippen LogP contribution in [0.5, 0.6) is 0 Å². The summed E-state index contributed by atoms with van der Waals surface area (Å²) in [6, 6.07) is 6.58. The average Bonchev–Trinajstić information content (AvgIpc) is 3.41. The van der Waals surface area contributed by atoms with Crippen LogP contribution in [0.1, 0.15) is 151 Å². The van der Waals surface area contributed by atoms with Crippen LogP contribution >= 0.6 is 11.6 Å². The number of aliphatic carboxylic acids is 1. The van der Waals surface area contributed by atoms with Crippen molar-refractivity contribution < 1.29 is 33.8 Å². The molecule has 10 heteroatoms. The van der Waals surface area contributed by atoms with Crippen molar-refractivity contribution in [2.24, 2.45) is 62.6 Å². The Labute approximate surface area is 350 Å². The van der Waals surface area contributed by atoms with Gasteiger partial charge in [-0.3, -0.25) is 24.0 Å². The van der Waals surface area contributed by atoms with Gasteiger partial charge in [0.05, 0.1) is 17.4 Å². The summed E-state index contributed by atoms with van der Waals surface area (Å²) < 4.78 is 6.41. The average molecular weight is 820 g/mol. The predicted octanol–water partition coefficient (Wildman–Crippen LogP) is 9.36. The van der Waals surface area contributed by atoms with Crippen molar-refractivity contribution in [3.05, 3.63) is 46.0 Å². The quantitative estimate of drug-likeness (QED) is 0.222. The Morgan fingerprint density at radius 2 is 1.48 bits per heavy atom. The number of esters is 1. The number of carbonyl (C=O) groups is 5. The highest BCUT2D eigenvalue weighted by atomic mass is 35.5. The second-order valence-electron chi connectivity index (χ2n) is 22.1. The maximum absolute atomic E-state index is 14.4. The van der Waals surface area contributed by atoms with E-state index < -0.39 is 34.3 Å². The number of Topliss-reactive ketones (excluding diaryl/α,β-unsaturated/α-hetero) is 1. The van der Waals surface area contributed by atoms with Crippen molar-refractivity contribution in [3.63, 3.8) is 0 Å². The molecule has 6 aliphatic rings. The summed E-state index contributed by atoms with van der Waals surface area (Å²) >= 11 is 6.05. The van der Waals surface area contributed by atoms with Crippen molar-refractivity contribution in [3.8, 4) is 0 Å². The standard InChI is InChI=1S/C48H67ClN2O7/c1-26(2)36-32(52)25-48(51-41(57)44(7,8)50-38(53)27-12-14-28(49)15-13-27)23-22-46(10)29(37(36)48)16-17-34-45(9)20-19-35(43(5,6)33(45)18-21-47(34,46)11)58-40(56)31-24-30(39(54)55)42(31,3)4/h12-15,26,29-31,33-35H,16-25H2,1-11H3,(H,50,53)(H,51,57)(H,54,55)/t29-,30-,31+,33+,34-,35+,45+,46-,47-,48-/m1/s1. The number of benzene rings is 1. The molecule has 0 saturated heterocycles. The van der Waals surface area contributed by atoms with Crippen LogP contribution in [0.25, 0.3) is 0 Å². The number of allylic oxidation sites excluding steroid dienone is 1. The first-order chi connectivity index (χ1) is 26.8. The van der Waals surface area contributed by atoms with E-state index in [9.17, 15) is 29.1 Å². The van der Waals surface area contributed by atoms with Gasteiger partial charge in [0, 0.05) is 22.4 Å². The smallest absolute Gasteiger partial charge is 0.309 e. The molecule has 3 N–H and O–H groups in total. The molecule has 0 aliphatic heterocycles. The lowest BCUT2D eigenvalue weighted by Gasteiger charge is -2.72. The molecule has 0 aromatic heterocycles. The van der Waals surface area contributed by atoms with Crippen molar-refractivity contribution in [2.75, 3.05) is 0 Å². The summed E-state index contributed by atoms with van der Waals surface area (Å²) in [4.78, 5) is 67.2. The molecule has 0 radical (unpaired) electrons. The van der Waals surface area contributed by atoms with Crippen LogP contribution in [0.2, 0.25) is 5.02 Å². The molecule has 6 aliphatic carbocycles. The molecular formula is C48H67ClN2O7. The van der Waals surface area contributed by atoms with Crippen LogP contribution in [-0.4, -0.2) is 51.8 Å². The van der Waals surface area contributed by atoms with E-state index in [1.165, 1.54) is 0 Å². The fraction of sp³-hybridized carbons (Fsp3) is 0.729. The Kier molecular flexibility index (Phi) is 10.3. The predicted molar refractivity (Wildman–Crippen MR) is 224 cm³/mol. The molecule has 0 heterocycles.